The standard InChI is InChI=1S/C14H19FN2O2/c1-9(2)17-13(18)6-7-16-14(19)11-8-10(3)4-5-12(11)15/h4-5,8-9H,6-7H2,1-3H3,(H,16,19)(H,17,18). The molecule has 4 nitrogen and oxygen atoms in total. The summed E-state index contributed by atoms with van der Waals surface area (Å²) in [5.41, 5.74) is 0.813. The molecule has 0 spiro atoms. The van der Waals surface area contributed by atoms with E-state index in [1.54, 1.807) is 13.0 Å². The van der Waals surface area contributed by atoms with Crippen LogP contribution in [0.4, 0.5) is 4.39 Å². The van der Waals surface area contributed by atoms with Gasteiger partial charge in [-0.2, -0.15) is 0 Å². The van der Waals surface area contributed by atoms with Crippen molar-refractivity contribution in [3.63, 3.8) is 0 Å². The summed E-state index contributed by atoms with van der Waals surface area (Å²) in [6.07, 6.45) is 0.178. The van der Waals surface area contributed by atoms with Crippen molar-refractivity contribution in [2.45, 2.75) is 33.2 Å². The number of amides is 2. The number of aryl methyl sites for hydroxylation is 1. The molecule has 2 N–H and O–H groups in total. The highest BCUT2D eigenvalue weighted by Gasteiger charge is 2.12. The molecule has 1 rings (SSSR count). The molecule has 19 heavy (non-hydrogen) atoms. The molecule has 5 heteroatoms. The minimum Gasteiger partial charge on any atom is -0.354 e. The average molecular weight is 266 g/mol. The summed E-state index contributed by atoms with van der Waals surface area (Å²) >= 11 is 0. The van der Waals surface area contributed by atoms with Crippen molar-refractivity contribution in [3.8, 4) is 0 Å². The Morgan fingerprint density at radius 2 is 2.00 bits per heavy atom. The van der Waals surface area contributed by atoms with Crippen LogP contribution < -0.4 is 10.6 Å². The fourth-order valence-electron chi connectivity index (χ4n) is 1.59. The van der Waals surface area contributed by atoms with Gasteiger partial charge in [-0.05, 0) is 32.9 Å². The van der Waals surface area contributed by atoms with Gasteiger partial charge in [0.15, 0.2) is 0 Å². The second-order valence-corrected chi connectivity index (χ2v) is 4.71. The molecule has 0 radical (unpaired) electrons. The molecule has 2 amide bonds. The maximum absolute atomic E-state index is 13.4. The maximum Gasteiger partial charge on any atom is 0.254 e. The predicted molar refractivity (Wildman–Crippen MR) is 71.4 cm³/mol. The van der Waals surface area contributed by atoms with Crippen LogP contribution in [0.25, 0.3) is 0 Å². The first-order valence-electron chi connectivity index (χ1n) is 6.24. The Morgan fingerprint density at radius 1 is 1.32 bits per heavy atom. The van der Waals surface area contributed by atoms with Crippen LogP contribution in [-0.4, -0.2) is 24.4 Å². The molecule has 0 aliphatic heterocycles. The van der Waals surface area contributed by atoms with Crippen LogP contribution in [0.3, 0.4) is 0 Å². The molecule has 0 saturated heterocycles. The van der Waals surface area contributed by atoms with Crippen LogP contribution in [0.5, 0.6) is 0 Å². The average Bonchev–Trinajstić information content (AvgIpc) is 2.31. The van der Waals surface area contributed by atoms with Crippen molar-refractivity contribution >= 4 is 11.8 Å². The summed E-state index contributed by atoms with van der Waals surface area (Å²) in [5, 5.41) is 5.24. The van der Waals surface area contributed by atoms with Gasteiger partial charge in [0.2, 0.25) is 5.91 Å². The number of nitrogens with one attached hydrogen (secondary N) is 2. The van der Waals surface area contributed by atoms with Crippen molar-refractivity contribution in [1.82, 2.24) is 10.6 Å². The molecule has 0 aliphatic rings. The zero-order valence-electron chi connectivity index (χ0n) is 11.4. The van der Waals surface area contributed by atoms with Crippen molar-refractivity contribution in [3.05, 3.63) is 35.1 Å². The van der Waals surface area contributed by atoms with Crippen LogP contribution in [0, 0.1) is 12.7 Å². The zero-order chi connectivity index (χ0) is 14.4. The number of halogens is 1. The van der Waals surface area contributed by atoms with E-state index in [1.165, 1.54) is 12.1 Å². The van der Waals surface area contributed by atoms with Crippen molar-refractivity contribution in [2.24, 2.45) is 0 Å². The molecule has 0 atom stereocenters. The highest BCUT2D eigenvalue weighted by molar-refractivity contribution is 5.94. The van der Waals surface area contributed by atoms with Crippen LogP contribution >= 0.6 is 0 Å². The number of carbonyl (C=O) groups excluding carboxylic acids is 2. The van der Waals surface area contributed by atoms with Gasteiger partial charge in [0.1, 0.15) is 5.82 Å². The van der Waals surface area contributed by atoms with Crippen LogP contribution in [0.2, 0.25) is 0 Å². The summed E-state index contributed by atoms with van der Waals surface area (Å²) in [6.45, 7) is 5.69. The lowest BCUT2D eigenvalue weighted by Gasteiger charge is -2.09. The van der Waals surface area contributed by atoms with Crippen molar-refractivity contribution < 1.29 is 14.0 Å². The number of hydrogen-bond acceptors (Lipinski definition) is 2. The van der Waals surface area contributed by atoms with Gasteiger partial charge in [-0.15, -0.1) is 0 Å². The minimum atomic E-state index is -0.560. The maximum atomic E-state index is 13.4. The van der Waals surface area contributed by atoms with Gasteiger partial charge in [0, 0.05) is 19.0 Å². The van der Waals surface area contributed by atoms with Crippen LogP contribution in [0.15, 0.2) is 18.2 Å². The number of benzene rings is 1. The Morgan fingerprint density at radius 3 is 2.63 bits per heavy atom. The van der Waals surface area contributed by atoms with Gasteiger partial charge >= 0.3 is 0 Å². The zero-order valence-corrected chi connectivity index (χ0v) is 11.4. The third kappa shape index (κ3) is 5.07. The highest BCUT2D eigenvalue weighted by Crippen LogP contribution is 2.09. The van der Waals surface area contributed by atoms with Gasteiger partial charge in [-0.3, -0.25) is 9.59 Å². The Balaban J connectivity index is 2.48. The first kappa shape index (κ1) is 15.1. The lowest BCUT2D eigenvalue weighted by molar-refractivity contribution is -0.121. The quantitative estimate of drug-likeness (QED) is 0.853. The van der Waals surface area contributed by atoms with E-state index in [0.29, 0.717) is 0 Å². The highest BCUT2D eigenvalue weighted by atomic mass is 19.1. The minimum absolute atomic E-state index is 0.00395. The predicted octanol–water partition coefficient (Wildman–Crippen LogP) is 1.78. The lowest BCUT2D eigenvalue weighted by atomic mass is 10.1. The smallest absolute Gasteiger partial charge is 0.254 e. The third-order valence-corrected chi connectivity index (χ3v) is 2.45. The van der Waals surface area contributed by atoms with Gasteiger partial charge in [0.05, 0.1) is 5.56 Å². The molecular formula is C14H19FN2O2. The second kappa shape index (κ2) is 6.87. The lowest BCUT2D eigenvalue weighted by Crippen LogP contribution is -2.34. The Hall–Kier alpha value is -1.91. The van der Waals surface area contributed by atoms with Crippen LogP contribution in [0.1, 0.15) is 36.2 Å². The summed E-state index contributed by atoms with van der Waals surface area (Å²) < 4.78 is 13.4. The van der Waals surface area contributed by atoms with Crippen molar-refractivity contribution in [1.29, 1.82) is 0 Å². The first-order valence-corrected chi connectivity index (χ1v) is 6.24. The van der Waals surface area contributed by atoms with Crippen LogP contribution in [-0.2, 0) is 4.79 Å². The topological polar surface area (TPSA) is 58.2 Å². The van der Waals surface area contributed by atoms with Gasteiger partial charge in [0.25, 0.3) is 5.91 Å². The fraction of sp³-hybridized carbons (Fsp3) is 0.429. The van der Waals surface area contributed by atoms with Crippen molar-refractivity contribution in [2.75, 3.05) is 6.54 Å². The van der Waals surface area contributed by atoms with E-state index in [4.69, 9.17) is 0 Å². The van der Waals surface area contributed by atoms with E-state index in [1.807, 2.05) is 13.8 Å². The second-order valence-electron chi connectivity index (χ2n) is 4.71. The molecule has 0 unspecified atom stereocenters. The van der Waals surface area contributed by atoms with Gasteiger partial charge < -0.3 is 10.6 Å². The summed E-state index contributed by atoms with van der Waals surface area (Å²) in [5.74, 6) is -1.20. The summed E-state index contributed by atoms with van der Waals surface area (Å²) in [6, 6.07) is 4.41. The third-order valence-electron chi connectivity index (χ3n) is 2.45. The SMILES string of the molecule is Cc1ccc(F)c(C(=O)NCCC(=O)NC(C)C)c1. The van der Waals surface area contributed by atoms with E-state index in [2.05, 4.69) is 10.6 Å². The molecule has 0 bridgehead atoms. The number of carbonyl (C=O) groups is 2. The molecule has 0 heterocycles. The molecule has 0 fully saturated rings. The van der Waals surface area contributed by atoms with Gasteiger partial charge in [-0.1, -0.05) is 11.6 Å². The molecule has 1 aromatic rings. The molecule has 0 aliphatic carbocycles. The Labute approximate surface area is 112 Å². The largest absolute Gasteiger partial charge is 0.354 e. The first-order chi connectivity index (χ1) is 8.90. The number of rotatable bonds is 5. The fourth-order valence-corrected chi connectivity index (χ4v) is 1.59. The molecule has 1 aromatic carbocycles. The summed E-state index contributed by atoms with van der Waals surface area (Å²) in [7, 11) is 0. The van der Waals surface area contributed by atoms with E-state index in [0.717, 1.165) is 5.56 Å². The Kier molecular flexibility index (Phi) is 5.48. The molecule has 0 aromatic heterocycles. The molecular weight excluding hydrogens is 247 g/mol. The van der Waals surface area contributed by atoms with Gasteiger partial charge in [-0.25, -0.2) is 4.39 Å². The molecule has 0 saturated carbocycles. The van der Waals surface area contributed by atoms with E-state index in [9.17, 15) is 14.0 Å². The van der Waals surface area contributed by atoms with E-state index in [-0.39, 0.29) is 30.5 Å². The van der Waals surface area contributed by atoms with E-state index >= 15 is 0 Å². The normalized spacial score (nSPS) is 10.4. The monoisotopic (exact) mass is 266 g/mol. The van der Waals surface area contributed by atoms with E-state index < -0.39 is 11.7 Å². The number of hydrogen-bond donors (Lipinski definition) is 2. The Bertz CT molecular complexity index is 473. The summed E-state index contributed by atoms with van der Waals surface area (Å²) in [4.78, 5) is 23.1. The molecule has 104 valence electrons.